The summed E-state index contributed by atoms with van der Waals surface area (Å²) in [7, 11) is -2.33. The van der Waals surface area contributed by atoms with Crippen molar-refractivity contribution < 1.29 is 17.9 Å². The molecule has 0 radical (unpaired) electrons. The molecule has 0 spiro atoms. The van der Waals surface area contributed by atoms with E-state index in [4.69, 9.17) is 10.5 Å². The van der Waals surface area contributed by atoms with Crippen LogP contribution in [0.25, 0.3) is 0 Å². The van der Waals surface area contributed by atoms with Gasteiger partial charge in [-0.25, -0.2) is 13.1 Å². The second-order valence-corrected chi connectivity index (χ2v) is 8.09. The zero-order chi connectivity index (χ0) is 18.7. The van der Waals surface area contributed by atoms with Gasteiger partial charge < -0.3 is 15.8 Å². The number of hydrogen-bond acceptors (Lipinski definition) is 5. The van der Waals surface area contributed by atoms with Crippen LogP contribution >= 0.6 is 12.4 Å². The minimum atomic E-state index is -3.74. The summed E-state index contributed by atoms with van der Waals surface area (Å²) in [4.78, 5) is 12.6. The number of benzene rings is 1. The van der Waals surface area contributed by atoms with E-state index < -0.39 is 15.6 Å². The number of nitrogens with two attached hydrogens (primary N) is 1. The molecule has 0 unspecified atom stereocenters. The first-order valence-electron chi connectivity index (χ1n) is 8.53. The van der Waals surface area contributed by atoms with E-state index in [0.717, 1.165) is 12.8 Å². The highest BCUT2D eigenvalue weighted by Crippen LogP contribution is 2.28. The van der Waals surface area contributed by atoms with Crippen LogP contribution in [-0.4, -0.2) is 39.6 Å². The number of hydrogen-bond donors (Lipinski definition) is 3. The Labute approximate surface area is 161 Å². The number of carbonyl (C=O) groups is 1. The Hall–Kier alpha value is -1.35. The summed E-state index contributed by atoms with van der Waals surface area (Å²) in [5.41, 5.74) is 5.58. The SMILES string of the molecule is CCC(CC)(CN)NC(=O)c1ccc(OC)c(S(=O)(=O)NC2CC2)c1.Cl. The van der Waals surface area contributed by atoms with Gasteiger partial charge in [0.25, 0.3) is 5.91 Å². The lowest BCUT2D eigenvalue weighted by molar-refractivity contribution is 0.0895. The van der Waals surface area contributed by atoms with Gasteiger partial charge in [-0.15, -0.1) is 12.4 Å². The normalized spacial score (nSPS) is 14.5. The molecular formula is C17H28ClN3O4S. The first-order valence-corrected chi connectivity index (χ1v) is 10.0. The third-order valence-electron chi connectivity index (χ3n) is 4.74. The fourth-order valence-electron chi connectivity index (χ4n) is 2.59. The Morgan fingerprint density at radius 3 is 2.38 bits per heavy atom. The second-order valence-electron chi connectivity index (χ2n) is 6.41. The third-order valence-corrected chi connectivity index (χ3v) is 6.28. The van der Waals surface area contributed by atoms with Crippen LogP contribution in [0, 0.1) is 0 Å². The van der Waals surface area contributed by atoms with E-state index in [0.29, 0.717) is 19.4 Å². The van der Waals surface area contributed by atoms with Crippen molar-refractivity contribution in [1.82, 2.24) is 10.0 Å². The third kappa shape index (κ3) is 5.09. The van der Waals surface area contributed by atoms with E-state index in [1.165, 1.54) is 19.2 Å². The zero-order valence-electron chi connectivity index (χ0n) is 15.4. The highest BCUT2D eigenvalue weighted by molar-refractivity contribution is 7.89. The number of ether oxygens (including phenoxy) is 1. The van der Waals surface area contributed by atoms with Crippen LogP contribution in [0.2, 0.25) is 0 Å². The van der Waals surface area contributed by atoms with Crippen molar-refractivity contribution in [3.8, 4) is 5.75 Å². The molecule has 0 aromatic heterocycles. The predicted octanol–water partition coefficient (Wildman–Crippen LogP) is 1.81. The van der Waals surface area contributed by atoms with Crippen LogP contribution in [0.5, 0.6) is 5.75 Å². The molecule has 148 valence electrons. The fourth-order valence-corrected chi connectivity index (χ4v) is 4.09. The molecule has 0 heterocycles. The predicted molar refractivity (Wildman–Crippen MR) is 103 cm³/mol. The molecule has 1 saturated carbocycles. The molecule has 1 amide bonds. The van der Waals surface area contributed by atoms with Crippen molar-refractivity contribution >= 4 is 28.3 Å². The lowest BCUT2D eigenvalue weighted by Gasteiger charge is -2.31. The Bertz CT molecular complexity index is 723. The standard InChI is InChI=1S/C17H27N3O4S.ClH/c1-4-17(5-2,11-18)19-16(21)12-6-9-14(24-3)15(10-12)25(22,23)20-13-7-8-13;/h6,9-10,13,20H,4-5,7-8,11,18H2,1-3H3,(H,19,21);1H. The molecule has 1 aromatic carbocycles. The lowest BCUT2D eigenvalue weighted by Crippen LogP contribution is -2.52. The summed E-state index contributed by atoms with van der Waals surface area (Å²) in [6.07, 6.45) is 3.04. The molecule has 9 heteroatoms. The van der Waals surface area contributed by atoms with E-state index >= 15 is 0 Å². The molecule has 0 saturated heterocycles. The molecule has 1 fully saturated rings. The Morgan fingerprint density at radius 1 is 1.31 bits per heavy atom. The van der Waals surface area contributed by atoms with Crippen LogP contribution in [0.4, 0.5) is 0 Å². The van der Waals surface area contributed by atoms with Crippen molar-refractivity contribution in [3.63, 3.8) is 0 Å². The molecular weight excluding hydrogens is 378 g/mol. The first-order chi connectivity index (χ1) is 11.8. The molecule has 0 aliphatic heterocycles. The monoisotopic (exact) mass is 405 g/mol. The summed E-state index contributed by atoms with van der Waals surface area (Å²) >= 11 is 0. The van der Waals surface area contributed by atoms with Crippen LogP contribution < -0.4 is 20.5 Å². The van der Waals surface area contributed by atoms with Crippen molar-refractivity contribution in [2.45, 2.75) is 56.0 Å². The Kier molecular flexibility index (Phi) is 7.88. The van der Waals surface area contributed by atoms with Crippen molar-refractivity contribution in [2.75, 3.05) is 13.7 Å². The first kappa shape index (κ1) is 22.7. The number of methoxy groups -OCH3 is 1. The number of nitrogens with one attached hydrogen (secondary N) is 2. The van der Waals surface area contributed by atoms with Crippen molar-refractivity contribution in [1.29, 1.82) is 0 Å². The van der Waals surface area contributed by atoms with Gasteiger partial charge in [-0.05, 0) is 43.9 Å². The highest BCUT2D eigenvalue weighted by Gasteiger charge is 2.31. The van der Waals surface area contributed by atoms with Crippen LogP contribution in [0.3, 0.4) is 0 Å². The van der Waals surface area contributed by atoms with Crippen LogP contribution in [0.15, 0.2) is 23.1 Å². The van der Waals surface area contributed by atoms with Gasteiger partial charge in [-0.2, -0.15) is 0 Å². The number of rotatable bonds is 9. The van der Waals surface area contributed by atoms with Gasteiger partial charge in [-0.1, -0.05) is 13.8 Å². The molecule has 26 heavy (non-hydrogen) atoms. The number of amides is 1. The molecule has 1 aromatic rings. The van der Waals surface area contributed by atoms with Gasteiger partial charge in [0, 0.05) is 18.2 Å². The molecule has 1 aliphatic rings. The Morgan fingerprint density at radius 2 is 1.92 bits per heavy atom. The van der Waals surface area contributed by atoms with E-state index in [9.17, 15) is 13.2 Å². The van der Waals surface area contributed by atoms with Crippen molar-refractivity contribution in [3.05, 3.63) is 23.8 Å². The minimum Gasteiger partial charge on any atom is -0.495 e. The van der Waals surface area contributed by atoms with E-state index in [1.54, 1.807) is 6.07 Å². The van der Waals surface area contributed by atoms with Crippen molar-refractivity contribution in [2.24, 2.45) is 5.73 Å². The average Bonchev–Trinajstić information content (AvgIpc) is 3.42. The van der Waals surface area contributed by atoms with Crippen LogP contribution in [0.1, 0.15) is 49.9 Å². The van der Waals surface area contributed by atoms with Gasteiger partial charge in [-0.3, -0.25) is 4.79 Å². The van der Waals surface area contributed by atoms with Gasteiger partial charge in [0.15, 0.2) is 0 Å². The second kappa shape index (κ2) is 9.03. The van der Waals surface area contributed by atoms with E-state index in [1.807, 2.05) is 13.8 Å². The summed E-state index contributed by atoms with van der Waals surface area (Å²) in [5.74, 6) is -0.138. The van der Waals surface area contributed by atoms with Gasteiger partial charge in [0.1, 0.15) is 10.6 Å². The van der Waals surface area contributed by atoms with Gasteiger partial charge in [0.2, 0.25) is 10.0 Å². The number of halogens is 1. The van der Waals surface area contributed by atoms with E-state index in [-0.39, 0.29) is 40.6 Å². The summed E-state index contributed by atoms with van der Waals surface area (Å²) in [6, 6.07) is 4.37. The summed E-state index contributed by atoms with van der Waals surface area (Å²) < 4.78 is 32.9. The molecule has 4 N–H and O–H groups in total. The quantitative estimate of drug-likeness (QED) is 0.580. The zero-order valence-corrected chi connectivity index (χ0v) is 17.0. The topological polar surface area (TPSA) is 111 Å². The maximum Gasteiger partial charge on any atom is 0.251 e. The molecule has 1 aliphatic carbocycles. The van der Waals surface area contributed by atoms with Crippen LogP contribution in [-0.2, 0) is 10.0 Å². The van der Waals surface area contributed by atoms with Gasteiger partial charge in [0.05, 0.1) is 12.6 Å². The molecule has 7 nitrogen and oxygen atoms in total. The molecule has 0 atom stereocenters. The number of sulfonamides is 1. The summed E-state index contributed by atoms with van der Waals surface area (Å²) in [6.45, 7) is 4.23. The fraction of sp³-hybridized carbons (Fsp3) is 0.588. The molecule has 0 bridgehead atoms. The average molecular weight is 406 g/mol. The smallest absolute Gasteiger partial charge is 0.251 e. The minimum absolute atomic E-state index is 0. The maximum absolute atomic E-state index is 12.6. The van der Waals surface area contributed by atoms with Gasteiger partial charge >= 0.3 is 0 Å². The lowest BCUT2D eigenvalue weighted by atomic mass is 9.92. The maximum atomic E-state index is 12.6. The number of carbonyl (C=O) groups excluding carboxylic acids is 1. The highest BCUT2D eigenvalue weighted by atomic mass is 35.5. The van der Waals surface area contributed by atoms with E-state index in [2.05, 4.69) is 10.0 Å². The summed E-state index contributed by atoms with van der Waals surface area (Å²) in [5, 5.41) is 2.95. The largest absolute Gasteiger partial charge is 0.495 e. The Balaban J connectivity index is 0.00000338. The molecule has 2 rings (SSSR count).